The molecule has 0 fully saturated rings. The van der Waals surface area contributed by atoms with Crippen molar-refractivity contribution in [2.24, 2.45) is 5.10 Å². The van der Waals surface area contributed by atoms with Gasteiger partial charge in [0.2, 0.25) is 5.88 Å². The minimum Gasteiger partial charge on any atom is -0.439 e. The molecule has 0 aliphatic carbocycles. The number of halogens is 1. The number of benzene rings is 2. The summed E-state index contributed by atoms with van der Waals surface area (Å²) in [5, 5.41) is 14.6. The number of amides is 1. The molecule has 0 spiro atoms. The molecule has 1 N–H and O–H groups in total. The van der Waals surface area contributed by atoms with Crippen molar-refractivity contribution in [1.82, 2.24) is 10.4 Å². The minimum absolute atomic E-state index is 0.108. The molecule has 1 heterocycles. The maximum atomic E-state index is 12.1. The molecule has 0 unspecified atom stereocenters. The molecule has 1 amide bonds. The van der Waals surface area contributed by atoms with Crippen LogP contribution in [0.2, 0.25) is 0 Å². The lowest BCUT2D eigenvalue weighted by Crippen LogP contribution is -2.18. The highest BCUT2D eigenvalue weighted by atomic mass is 79.9. The van der Waals surface area contributed by atoms with Crippen LogP contribution in [0.15, 0.2) is 76.4 Å². The summed E-state index contributed by atoms with van der Waals surface area (Å²) in [6.07, 6.45) is 2.63. The first kappa shape index (κ1) is 19.2. The van der Waals surface area contributed by atoms with Crippen molar-refractivity contribution < 1.29 is 14.5 Å². The fourth-order valence-electron chi connectivity index (χ4n) is 2.15. The normalized spacial score (nSPS) is 10.6. The van der Waals surface area contributed by atoms with E-state index in [1.165, 1.54) is 18.3 Å². The van der Waals surface area contributed by atoms with E-state index < -0.39 is 4.92 Å². The van der Waals surface area contributed by atoms with Crippen LogP contribution in [0.5, 0.6) is 11.6 Å². The number of nitrogens with zero attached hydrogens (tertiary/aromatic N) is 3. The van der Waals surface area contributed by atoms with Crippen molar-refractivity contribution in [3.8, 4) is 11.6 Å². The molecule has 28 heavy (non-hydrogen) atoms. The second kappa shape index (κ2) is 8.87. The van der Waals surface area contributed by atoms with Crippen LogP contribution in [0.4, 0.5) is 5.69 Å². The third-order valence-electron chi connectivity index (χ3n) is 3.53. The Balaban J connectivity index is 1.58. The minimum atomic E-state index is -0.528. The van der Waals surface area contributed by atoms with E-state index in [-0.39, 0.29) is 17.5 Å². The van der Waals surface area contributed by atoms with Crippen LogP contribution in [-0.2, 0) is 0 Å². The van der Waals surface area contributed by atoms with Gasteiger partial charge in [-0.1, -0.05) is 12.1 Å². The number of nitro groups is 1. The Bertz CT molecular complexity index is 1020. The van der Waals surface area contributed by atoms with Gasteiger partial charge in [-0.2, -0.15) is 5.10 Å². The van der Waals surface area contributed by atoms with Gasteiger partial charge in [0.15, 0.2) is 0 Å². The van der Waals surface area contributed by atoms with E-state index in [0.29, 0.717) is 15.8 Å². The number of hydrogen-bond acceptors (Lipinski definition) is 6. The number of rotatable bonds is 6. The van der Waals surface area contributed by atoms with E-state index in [9.17, 15) is 14.9 Å². The lowest BCUT2D eigenvalue weighted by molar-refractivity contribution is -0.385. The monoisotopic (exact) mass is 440 g/mol. The predicted octanol–water partition coefficient (Wildman–Crippen LogP) is 4.31. The van der Waals surface area contributed by atoms with Crippen molar-refractivity contribution in [2.75, 3.05) is 0 Å². The summed E-state index contributed by atoms with van der Waals surface area (Å²) < 4.78 is 6.21. The molecular formula is C19H13BrN4O4. The number of carbonyl (C=O) groups is 1. The Morgan fingerprint density at radius 2 is 1.89 bits per heavy atom. The Morgan fingerprint density at radius 1 is 1.14 bits per heavy atom. The van der Waals surface area contributed by atoms with Crippen LogP contribution in [0, 0.1) is 10.1 Å². The molecule has 3 aromatic rings. The molecule has 0 aliphatic rings. The average molecular weight is 441 g/mol. The highest BCUT2D eigenvalue weighted by Crippen LogP contribution is 2.21. The van der Waals surface area contributed by atoms with E-state index in [0.717, 1.165) is 11.8 Å². The first-order chi connectivity index (χ1) is 13.5. The zero-order chi connectivity index (χ0) is 19.9. The lowest BCUT2D eigenvalue weighted by Gasteiger charge is -2.04. The van der Waals surface area contributed by atoms with E-state index in [1.54, 1.807) is 42.5 Å². The van der Waals surface area contributed by atoms with Gasteiger partial charge in [-0.15, -0.1) is 0 Å². The van der Waals surface area contributed by atoms with Crippen LogP contribution in [0.25, 0.3) is 0 Å². The summed E-state index contributed by atoms with van der Waals surface area (Å²) in [6.45, 7) is 0. The molecule has 8 nitrogen and oxygen atoms in total. The number of ether oxygens (including phenoxy) is 1. The van der Waals surface area contributed by atoms with Crippen LogP contribution >= 0.6 is 15.9 Å². The first-order valence-corrected chi connectivity index (χ1v) is 8.78. The molecule has 3 rings (SSSR count). The number of hydrogen-bond donors (Lipinski definition) is 1. The smallest absolute Gasteiger partial charge is 0.287 e. The lowest BCUT2D eigenvalue weighted by atomic mass is 10.2. The van der Waals surface area contributed by atoms with Gasteiger partial charge in [-0.3, -0.25) is 14.9 Å². The third kappa shape index (κ3) is 4.98. The van der Waals surface area contributed by atoms with Crippen molar-refractivity contribution in [3.63, 3.8) is 0 Å². The predicted molar refractivity (Wildman–Crippen MR) is 107 cm³/mol. The largest absolute Gasteiger partial charge is 0.439 e. The number of hydrazone groups is 1. The summed E-state index contributed by atoms with van der Waals surface area (Å²) in [4.78, 5) is 26.0. The molecular weight excluding hydrogens is 428 g/mol. The zero-order valence-electron chi connectivity index (χ0n) is 14.3. The Hall–Kier alpha value is -3.59. The zero-order valence-corrected chi connectivity index (χ0v) is 15.9. The van der Waals surface area contributed by atoms with Gasteiger partial charge in [0.25, 0.3) is 11.6 Å². The van der Waals surface area contributed by atoms with Crippen LogP contribution < -0.4 is 10.2 Å². The van der Waals surface area contributed by atoms with Gasteiger partial charge < -0.3 is 4.74 Å². The fourth-order valence-corrected chi connectivity index (χ4v) is 2.62. The third-order valence-corrected chi connectivity index (χ3v) is 4.22. The SMILES string of the molecule is O=C(N/N=C/c1ccc(Oc2ccc([N+](=O)[O-])cn2)cc1)c1ccccc1Br. The van der Waals surface area contributed by atoms with E-state index in [4.69, 9.17) is 4.74 Å². The maximum absolute atomic E-state index is 12.1. The van der Waals surface area contributed by atoms with Gasteiger partial charge in [-0.25, -0.2) is 10.4 Å². The molecule has 0 aliphatic heterocycles. The number of aromatic nitrogens is 1. The molecule has 1 aromatic heterocycles. The standard InChI is InChI=1S/C19H13BrN4O4/c20-17-4-2-1-3-16(17)19(25)23-22-11-13-5-8-15(9-6-13)28-18-10-7-14(12-21-18)24(26)27/h1-12H,(H,23,25)/b22-11+. The summed E-state index contributed by atoms with van der Waals surface area (Å²) in [6, 6.07) is 16.7. The Labute approximate surface area is 168 Å². The summed E-state index contributed by atoms with van der Waals surface area (Å²) in [7, 11) is 0. The van der Waals surface area contributed by atoms with Gasteiger partial charge in [0.1, 0.15) is 11.9 Å². The molecule has 0 bridgehead atoms. The van der Waals surface area contributed by atoms with Crippen molar-refractivity contribution in [2.45, 2.75) is 0 Å². The van der Waals surface area contributed by atoms with Gasteiger partial charge >= 0.3 is 0 Å². The highest BCUT2D eigenvalue weighted by Gasteiger charge is 2.08. The molecule has 0 atom stereocenters. The van der Waals surface area contributed by atoms with Crippen molar-refractivity contribution >= 4 is 33.7 Å². The van der Waals surface area contributed by atoms with Crippen molar-refractivity contribution in [1.29, 1.82) is 0 Å². The Morgan fingerprint density at radius 3 is 2.54 bits per heavy atom. The van der Waals surface area contributed by atoms with Crippen molar-refractivity contribution in [3.05, 3.63) is 92.6 Å². The van der Waals surface area contributed by atoms with Gasteiger partial charge in [0, 0.05) is 16.6 Å². The van der Waals surface area contributed by atoms with Crippen LogP contribution in [0.3, 0.4) is 0 Å². The topological polar surface area (TPSA) is 107 Å². The van der Waals surface area contributed by atoms with Gasteiger partial charge in [0.05, 0.1) is 16.7 Å². The fraction of sp³-hybridized carbons (Fsp3) is 0. The van der Waals surface area contributed by atoms with E-state index >= 15 is 0 Å². The summed E-state index contributed by atoms with van der Waals surface area (Å²) in [5.74, 6) is 0.427. The van der Waals surface area contributed by atoms with E-state index in [1.807, 2.05) is 6.07 Å². The number of carbonyl (C=O) groups excluding carboxylic acids is 1. The van der Waals surface area contributed by atoms with Gasteiger partial charge in [-0.05, 0) is 57.9 Å². The summed E-state index contributed by atoms with van der Waals surface area (Å²) in [5.41, 5.74) is 3.59. The molecule has 9 heteroatoms. The second-order valence-electron chi connectivity index (χ2n) is 5.46. The molecule has 0 saturated carbocycles. The highest BCUT2D eigenvalue weighted by molar-refractivity contribution is 9.10. The van der Waals surface area contributed by atoms with E-state index in [2.05, 4.69) is 31.4 Å². The molecule has 140 valence electrons. The number of pyridine rings is 1. The molecule has 0 radical (unpaired) electrons. The first-order valence-electron chi connectivity index (χ1n) is 7.99. The molecule has 2 aromatic carbocycles. The quantitative estimate of drug-likeness (QED) is 0.349. The maximum Gasteiger partial charge on any atom is 0.287 e. The molecule has 0 saturated heterocycles. The average Bonchev–Trinajstić information content (AvgIpc) is 2.70. The van der Waals surface area contributed by atoms with Crippen LogP contribution in [0.1, 0.15) is 15.9 Å². The second-order valence-corrected chi connectivity index (χ2v) is 6.32. The Kier molecular flexibility index (Phi) is 6.07. The summed E-state index contributed by atoms with van der Waals surface area (Å²) >= 11 is 3.31. The van der Waals surface area contributed by atoms with Crippen LogP contribution in [-0.4, -0.2) is 22.0 Å². The number of nitrogens with one attached hydrogen (secondary N) is 1.